The second-order valence-electron chi connectivity index (χ2n) is 6.89. The lowest BCUT2D eigenvalue weighted by Crippen LogP contribution is -2.42. The first-order valence-corrected chi connectivity index (χ1v) is 10.1. The Labute approximate surface area is 152 Å². The van der Waals surface area contributed by atoms with Crippen molar-refractivity contribution in [2.75, 3.05) is 44.3 Å². The molecule has 25 heavy (non-hydrogen) atoms. The number of benzene rings is 1. The van der Waals surface area contributed by atoms with Gasteiger partial charge in [-0.1, -0.05) is 29.9 Å². The van der Waals surface area contributed by atoms with E-state index in [4.69, 9.17) is 9.72 Å². The predicted octanol–water partition coefficient (Wildman–Crippen LogP) is 3.15. The number of hydrogen-bond donors (Lipinski definition) is 0. The van der Waals surface area contributed by atoms with Gasteiger partial charge in [-0.3, -0.25) is 14.6 Å². The average Bonchev–Trinajstić information content (AvgIpc) is 3.01. The minimum atomic E-state index is 0.204. The van der Waals surface area contributed by atoms with Crippen LogP contribution in [0.25, 0.3) is 10.2 Å². The van der Waals surface area contributed by atoms with E-state index in [9.17, 15) is 4.79 Å². The molecular weight excluding hydrogens is 334 g/mol. The van der Waals surface area contributed by atoms with Gasteiger partial charge >= 0.3 is 0 Å². The van der Waals surface area contributed by atoms with Crippen molar-refractivity contribution in [3.63, 3.8) is 0 Å². The van der Waals surface area contributed by atoms with Gasteiger partial charge in [0.15, 0.2) is 5.13 Å². The molecule has 5 nitrogen and oxygen atoms in total. The van der Waals surface area contributed by atoms with Crippen LogP contribution in [-0.2, 0) is 9.53 Å². The largest absolute Gasteiger partial charge is 0.379 e. The molecule has 1 saturated carbocycles. The quantitative estimate of drug-likeness (QED) is 0.795. The molecule has 2 fully saturated rings. The van der Waals surface area contributed by atoms with Gasteiger partial charge in [-0.15, -0.1) is 0 Å². The molecule has 1 aromatic heterocycles. The molecule has 1 aromatic carbocycles. The SMILES string of the molecule is O=C(C1CCC1)N(CCCN1CCOCC1)c1nc2ccccc2s1. The van der Waals surface area contributed by atoms with Crippen molar-refractivity contribution in [2.45, 2.75) is 25.7 Å². The first-order valence-electron chi connectivity index (χ1n) is 9.28. The van der Waals surface area contributed by atoms with E-state index in [1.54, 1.807) is 11.3 Å². The summed E-state index contributed by atoms with van der Waals surface area (Å²) in [6.45, 7) is 5.41. The summed E-state index contributed by atoms with van der Waals surface area (Å²) in [5.41, 5.74) is 0.988. The Morgan fingerprint density at radius 1 is 1.28 bits per heavy atom. The van der Waals surface area contributed by atoms with Gasteiger partial charge in [-0.25, -0.2) is 4.98 Å². The molecule has 1 saturated heterocycles. The fourth-order valence-corrected chi connectivity index (χ4v) is 4.43. The lowest BCUT2D eigenvalue weighted by Gasteiger charge is -2.31. The Kier molecular flexibility index (Phi) is 5.29. The molecule has 0 atom stereocenters. The first kappa shape index (κ1) is 16.9. The highest BCUT2D eigenvalue weighted by atomic mass is 32.1. The van der Waals surface area contributed by atoms with Gasteiger partial charge < -0.3 is 4.74 Å². The summed E-state index contributed by atoms with van der Waals surface area (Å²) in [6.07, 6.45) is 4.22. The van der Waals surface area contributed by atoms with Crippen molar-refractivity contribution in [1.82, 2.24) is 9.88 Å². The topological polar surface area (TPSA) is 45.7 Å². The van der Waals surface area contributed by atoms with Crippen LogP contribution in [0.5, 0.6) is 0 Å². The standard InChI is InChI=1S/C19H25N3O2S/c23-18(15-5-3-6-15)22(10-4-9-21-11-13-24-14-12-21)19-20-16-7-1-2-8-17(16)25-19/h1-2,7-8,15H,3-6,9-14H2. The predicted molar refractivity (Wildman–Crippen MR) is 101 cm³/mol. The van der Waals surface area contributed by atoms with Crippen molar-refractivity contribution >= 4 is 32.6 Å². The summed E-state index contributed by atoms with van der Waals surface area (Å²) in [5, 5.41) is 0.861. The molecule has 6 heteroatoms. The van der Waals surface area contributed by atoms with E-state index < -0.39 is 0 Å². The highest BCUT2D eigenvalue weighted by Gasteiger charge is 2.31. The minimum absolute atomic E-state index is 0.204. The van der Waals surface area contributed by atoms with Crippen LogP contribution in [0, 0.1) is 5.92 Å². The van der Waals surface area contributed by atoms with Gasteiger partial charge in [0, 0.05) is 32.1 Å². The molecule has 0 N–H and O–H groups in total. The van der Waals surface area contributed by atoms with Crippen molar-refractivity contribution < 1.29 is 9.53 Å². The Morgan fingerprint density at radius 3 is 2.80 bits per heavy atom. The highest BCUT2D eigenvalue weighted by Crippen LogP contribution is 2.33. The summed E-state index contributed by atoms with van der Waals surface area (Å²) in [7, 11) is 0. The minimum Gasteiger partial charge on any atom is -0.379 e. The van der Waals surface area contributed by atoms with Crippen LogP contribution >= 0.6 is 11.3 Å². The number of rotatable bonds is 6. The number of carbonyl (C=O) groups is 1. The van der Waals surface area contributed by atoms with Crippen molar-refractivity contribution in [3.8, 4) is 0 Å². The van der Waals surface area contributed by atoms with Gasteiger partial charge in [0.1, 0.15) is 0 Å². The maximum absolute atomic E-state index is 12.9. The van der Waals surface area contributed by atoms with E-state index in [1.165, 1.54) is 6.42 Å². The number of para-hydroxylation sites is 1. The zero-order valence-electron chi connectivity index (χ0n) is 14.5. The molecule has 2 aliphatic rings. The summed E-state index contributed by atoms with van der Waals surface area (Å²) in [6, 6.07) is 8.13. The number of ether oxygens (including phenoxy) is 1. The van der Waals surface area contributed by atoms with E-state index in [0.717, 1.165) is 74.0 Å². The molecule has 2 heterocycles. The van der Waals surface area contributed by atoms with Crippen LogP contribution in [0.4, 0.5) is 5.13 Å². The normalized spacial score (nSPS) is 19.0. The number of fused-ring (bicyclic) bond motifs is 1. The maximum atomic E-state index is 12.9. The Balaban J connectivity index is 1.46. The third kappa shape index (κ3) is 3.86. The summed E-state index contributed by atoms with van der Waals surface area (Å²) < 4.78 is 6.56. The number of thiazole rings is 1. The van der Waals surface area contributed by atoms with Crippen molar-refractivity contribution in [3.05, 3.63) is 24.3 Å². The van der Waals surface area contributed by atoms with Gasteiger partial charge in [0.25, 0.3) is 0 Å². The van der Waals surface area contributed by atoms with E-state index in [2.05, 4.69) is 11.0 Å². The summed E-state index contributed by atoms with van der Waals surface area (Å²) in [4.78, 5) is 22.1. The highest BCUT2D eigenvalue weighted by molar-refractivity contribution is 7.22. The van der Waals surface area contributed by atoms with Crippen LogP contribution < -0.4 is 4.90 Å². The molecule has 2 aromatic rings. The summed E-state index contributed by atoms with van der Waals surface area (Å²) >= 11 is 1.63. The molecule has 1 aliphatic carbocycles. The van der Waals surface area contributed by atoms with Crippen LogP contribution in [0.3, 0.4) is 0 Å². The number of carbonyl (C=O) groups excluding carboxylic acids is 1. The fourth-order valence-electron chi connectivity index (χ4n) is 3.43. The molecule has 1 amide bonds. The van der Waals surface area contributed by atoms with E-state index in [1.807, 2.05) is 23.1 Å². The fraction of sp³-hybridized carbons (Fsp3) is 0.579. The molecule has 1 aliphatic heterocycles. The zero-order valence-corrected chi connectivity index (χ0v) is 15.3. The number of hydrogen-bond acceptors (Lipinski definition) is 5. The Hall–Kier alpha value is -1.50. The maximum Gasteiger partial charge on any atom is 0.231 e. The van der Waals surface area contributed by atoms with Crippen LogP contribution in [0.2, 0.25) is 0 Å². The number of amides is 1. The molecule has 0 unspecified atom stereocenters. The van der Waals surface area contributed by atoms with Gasteiger partial charge in [-0.2, -0.15) is 0 Å². The lowest BCUT2D eigenvalue weighted by molar-refractivity contribution is -0.124. The van der Waals surface area contributed by atoms with Crippen LogP contribution in [0.15, 0.2) is 24.3 Å². The molecular formula is C19H25N3O2S. The molecule has 4 rings (SSSR count). The number of aromatic nitrogens is 1. The molecule has 134 valence electrons. The monoisotopic (exact) mass is 359 g/mol. The number of morpholine rings is 1. The lowest BCUT2D eigenvalue weighted by atomic mass is 9.84. The van der Waals surface area contributed by atoms with Gasteiger partial charge in [-0.05, 0) is 31.4 Å². The third-order valence-electron chi connectivity index (χ3n) is 5.19. The molecule has 0 spiro atoms. The summed E-state index contributed by atoms with van der Waals surface area (Å²) in [5.74, 6) is 0.475. The second-order valence-corrected chi connectivity index (χ2v) is 7.90. The Morgan fingerprint density at radius 2 is 2.08 bits per heavy atom. The van der Waals surface area contributed by atoms with E-state index in [0.29, 0.717) is 0 Å². The van der Waals surface area contributed by atoms with E-state index >= 15 is 0 Å². The molecule has 0 radical (unpaired) electrons. The smallest absolute Gasteiger partial charge is 0.231 e. The van der Waals surface area contributed by atoms with Crippen LogP contribution in [0.1, 0.15) is 25.7 Å². The van der Waals surface area contributed by atoms with Crippen molar-refractivity contribution in [1.29, 1.82) is 0 Å². The van der Waals surface area contributed by atoms with Crippen LogP contribution in [-0.4, -0.2) is 55.2 Å². The zero-order chi connectivity index (χ0) is 17.1. The van der Waals surface area contributed by atoms with Gasteiger partial charge in [0.2, 0.25) is 5.91 Å². The first-order chi connectivity index (χ1) is 12.3. The van der Waals surface area contributed by atoms with Crippen molar-refractivity contribution in [2.24, 2.45) is 5.92 Å². The number of anilines is 1. The molecule has 0 bridgehead atoms. The second kappa shape index (κ2) is 7.81. The number of nitrogens with zero attached hydrogens (tertiary/aromatic N) is 3. The van der Waals surface area contributed by atoms with E-state index in [-0.39, 0.29) is 11.8 Å². The van der Waals surface area contributed by atoms with Gasteiger partial charge in [0.05, 0.1) is 23.4 Å². The average molecular weight is 359 g/mol. The Bertz CT molecular complexity index is 689. The third-order valence-corrected chi connectivity index (χ3v) is 6.25.